The van der Waals surface area contributed by atoms with Crippen LogP contribution in [0.3, 0.4) is 0 Å². The van der Waals surface area contributed by atoms with Gasteiger partial charge < -0.3 is 14.5 Å². The molecule has 0 saturated heterocycles. The van der Waals surface area contributed by atoms with E-state index in [2.05, 4.69) is 9.71 Å². The molecule has 204 valence electrons. The van der Waals surface area contributed by atoms with Crippen molar-refractivity contribution in [3.63, 3.8) is 0 Å². The van der Waals surface area contributed by atoms with Gasteiger partial charge in [-0.25, -0.2) is 21.6 Å². The Labute approximate surface area is 227 Å². The lowest BCUT2D eigenvalue weighted by Crippen LogP contribution is -2.15. The molecule has 0 radical (unpaired) electrons. The van der Waals surface area contributed by atoms with Crippen molar-refractivity contribution in [3.8, 4) is 22.6 Å². The van der Waals surface area contributed by atoms with Crippen LogP contribution in [0.5, 0.6) is 11.5 Å². The third-order valence-corrected chi connectivity index (χ3v) is 7.09. The number of hydrogen-bond acceptors (Lipinski definition) is 5. The Morgan fingerprint density at radius 1 is 0.897 bits per heavy atom. The second-order valence-corrected chi connectivity index (χ2v) is 10.5. The third kappa shape index (κ3) is 7.20. The van der Waals surface area contributed by atoms with Gasteiger partial charge >= 0.3 is 0 Å². The molecule has 0 unspecified atom stereocenters. The van der Waals surface area contributed by atoms with Crippen LogP contribution in [0.25, 0.3) is 11.1 Å². The summed E-state index contributed by atoms with van der Waals surface area (Å²) < 4.78 is 80.9. The highest BCUT2D eigenvalue weighted by Crippen LogP contribution is 2.38. The Hall–Kier alpha value is -3.80. The van der Waals surface area contributed by atoms with Crippen LogP contribution in [-0.4, -0.2) is 20.0 Å². The average Bonchev–Trinajstić information content (AvgIpc) is 2.87. The number of H-pyrrole nitrogens is 1. The summed E-state index contributed by atoms with van der Waals surface area (Å²) >= 11 is 6.03. The van der Waals surface area contributed by atoms with Crippen LogP contribution >= 0.6 is 11.6 Å². The van der Waals surface area contributed by atoms with E-state index in [1.54, 1.807) is 6.92 Å². The van der Waals surface area contributed by atoms with E-state index in [1.165, 1.54) is 36.5 Å². The number of aromatic nitrogens is 1. The maximum Gasteiger partial charge on any atom is 0.248 e. The van der Waals surface area contributed by atoms with Crippen molar-refractivity contribution in [3.05, 3.63) is 111 Å². The Morgan fingerprint density at radius 2 is 1.62 bits per heavy atom. The number of pyridine rings is 1. The smallest absolute Gasteiger partial charge is 0.248 e. The Kier molecular flexibility index (Phi) is 8.63. The van der Waals surface area contributed by atoms with Crippen molar-refractivity contribution in [1.82, 2.24) is 4.98 Å². The molecule has 0 bridgehead atoms. The Bertz CT molecular complexity index is 1680. The predicted molar refractivity (Wildman–Crippen MR) is 142 cm³/mol. The molecule has 0 amide bonds. The van der Waals surface area contributed by atoms with Crippen LogP contribution in [-0.2, 0) is 27.1 Å². The summed E-state index contributed by atoms with van der Waals surface area (Å²) in [5.41, 5.74) is 0.901. The van der Waals surface area contributed by atoms with Gasteiger partial charge in [-0.1, -0.05) is 11.6 Å². The van der Waals surface area contributed by atoms with Crippen molar-refractivity contribution >= 4 is 27.3 Å². The molecule has 39 heavy (non-hydrogen) atoms. The number of rotatable bonds is 10. The van der Waals surface area contributed by atoms with E-state index in [-0.39, 0.29) is 39.9 Å². The number of aromatic amines is 1. The summed E-state index contributed by atoms with van der Waals surface area (Å²) in [5, 5.41) is 0.0846. The van der Waals surface area contributed by atoms with Gasteiger partial charge in [0.15, 0.2) is 11.6 Å². The minimum absolute atomic E-state index is 0.0497. The zero-order chi connectivity index (χ0) is 28.2. The first-order valence-electron chi connectivity index (χ1n) is 11.6. The highest BCUT2D eigenvalue weighted by Gasteiger charge is 2.19. The van der Waals surface area contributed by atoms with Crippen LogP contribution in [0.1, 0.15) is 18.1 Å². The van der Waals surface area contributed by atoms with Gasteiger partial charge in [-0.05, 0) is 66.6 Å². The van der Waals surface area contributed by atoms with E-state index >= 15 is 0 Å². The second-order valence-electron chi connectivity index (χ2n) is 8.36. The van der Waals surface area contributed by atoms with E-state index in [0.717, 1.165) is 24.3 Å². The molecule has 4 aromatic rings. The molecule has 0 fully saturated rings. The number of halogens is 4. The van der Waals surface area contributed by atoms with Crippen LogP contribution in [0.2, 0.25) is 5.02 Å². The quantitative estimate of drug-likeness (QED) is 0.227. The number of hydrogen-bond donors (Lipinski definition) is 2. The van der Waals surface area contributed by atoms with Gasteiger partial charge in [0.25, 0.3) is 0 Å². The summed E-state index contributed by atoms with van der Waals surface area (Å²) in [7, 11) is -4.07. The van der Waals surface area contributed by atoms with Crippen LogP contribution in [0.4, 0.5) is 18.9 Å². The fraction of sp³-hybridized carbons (Fsp3) is 0.148. The van der Waals surface area contributed by atoms with Gasteiger partial charge in [0.1, 0.15) is 17.4 Å². The number of nitrogens with one attached hydrogen (secondary N) is 2. The molecule has 3 aromatic carbocycles. The van der Waals surface area contributed by atoms with Crippen LogP contribution in [0.15, 0.2) is 71.7 Å². The highest BCUT2D eigenvalue weighted by molar-refractivity contribution is 7.91. The minimum atomic E-state index is -4.07. The lowest BCUT2D eigenvalue weighted by atomic mass is 10.0. The highest BCUT2D eigenvalue weighted by atomic mass is 35.5. The standard InChI is InChI=1S/C27H22ClF3N2O5S/c1-2-37-14-16-10-27(34)32-13-22(16)21-12-20(5-8-25(21)38-26-7-4-19(30)11-24(26)31)33-39(35,36)15-17-9-18(29)3-6-23(17)28/h3-13,33H,2,14-15H2,1H3,(H,32,34). The van der Waals surface area contributed by atoms with E-state index in [1.807, 2.05) is 0 Å². The van der Waals surface area contributed by atoms with Crippen molar-refractivity contribution in [2.24, 2.45) is 0 Å². The zero-order valence-corrected chi connectivity index (χ0v) is 22.0. The van der Waals surface area contributed by atoms with Crippen LogP contribution in [0, 0.1) is 17.5 Å². The Morgan fingerprint density at radius 3 is 2.36 bits per heavy atom. The summed E-state index contributed by atoms with van der Waals surface area (Å²) in [4.78, 5) is 14.6. The largest absolute Gasteiger partial charge is 0.454 e. The van der Waals surface area contributed by atoms with Gasteiger partial charge in [0.05, 0.1) is 12.4 Å². The molecule has 4 rings (SSSR count). The zero-order valence-electron chi connectivity index (χ0n) is 20.4. The third-order valence-electron chi connectivity index (χ3n) is 5.48. The summed E-state index contributed by atoms with van der Waals surface area (Å²) in [6, 6.07) is 11.7. The molecule has 0 spiro atoms. The number of sulfonamides is 1. The van der Waals surface area contributed by atoms with Gasteiger partial charge in [0, 0.05) is 46.8 Å². The van der Waals surface area contributed by atoms with E-state index in [4.69, 9.17) is 21.1 Å². The monoisotopic (exact) mass is 578 g/mol. The topological polar surface area (TPSA) is 97.5 Å². The average molecular weight is 579 g/mol. The van der Waals surface area contributed by atoms with Crippen molar-refractivity contribution in [2.45, 2.75) is 19.3 Å². The molecular formula is C27H22ClF3N2O5S. The molecule has 7 nitrogen and oxygen atoms in total. The van der Waals surface area contributed by atoms with Crippen molar-refractivity contribution in [1.29, 1.82) is 0 Å². The molecule has 0 saturated carbocycles. The minimum Gasteiger partial charge on any atom is -0.454 e. The van der Waals surface area contributed by atoms with Gasteiger partial charge in [-0.2, -0.15) is 0 Å². The summed E-state index contributed by atoms with van der Waals surface area (Å²) in [6.07, 6.45) is 1.39. The van der Waals surface area contributed by atoms with Crippen LogP contribution < -0.4 is 15.0 Å². The van der Waals surface area contributed by atoms with Crippen molar-refractivity contribution < 1.29 is 31.1 Å². The lowest BCUT2D eigenvalue weighted by molar-refractivity contribution is 0.134. The van der Waals surface area contributed by atoms with Gasteiger partial charge in [-0.3, -0.25) is 9.52 Å². The molecule has 0 atom stereocenters. The number of anilines is 1. The molecule has 1 heterocycles. The number of benzene rings is 3. The van der Waals surface area contributed by atoms with Crippen molar-refractivity contribution in [2.75, 3.05) is 11.3 Å². The first kappa shape index (κ1) is 28.2. The molecule has 12 heteroatoms. The molecule has 2 N–H and O–H groups in total. The SMILES string of the molecule is CCOCc1cc(=O)[nH]cc1-c1cc(NS(=O)(=O)Cc2cc(F)ccc2Cl)ccc1Oc1ccc(F)cc1F. The predicted octanol–water partition coefficient (Wildman–Crippen LogP) is 6.38. The van der Waals surface area contributed by atoms with E-state index in [9.17, 15) is 26.4 Å². The molecule has 0 aliphatic heterocycles. The normalized spacial score (nSPS) is 11.4. The van der Waals surface area contributed by atoms with E-state index < -0.39 is 38.8 Å². The summed E-state index contributed by atoms with van der Waals surface area (Å²) in [6.45, 7) is 2.19. The number of ether oxygens (including phenoxy) is 2. The fourth-order valence-corrected chi connectivity index (χ4v) is 5.21. The first-order valence-corrected chi connectivity index (χ1v) is 13.6. The second kappa shape index (κ2) is 11.9. The lowest BCUT2D eigenvalue weighted by Gasteiger charge is -2.17. The van der Waals surface area contributed by atoms with E-state index in [0.29, 0.717) is 23.8 Å². The molecule has 0 aliphatic carbocycles. The van der Waals surface area contributed by atoms with Gasteiger partial charge in [0.2, 0.25) is 15.6 Å². The maximum atomic E-state index is 14.4. The fourth-order valence-electron chi connectivity index (χ4n) is 3.74. The first-order chi connectivity index (χ1) is 18.5. The Balaban J connectivity index is 1.76. The molecule has 0 aliphatic rings. The summed E-state index contributed by atoms with van der Waals surface area (Å²) in [5.74, 6) is -3.17. The molecule has 1 aromatic heterocycles. The molecular weight excluding hydrogens is 557 g/mol. The van der Waals surface area contributed by atoms with Gasteiger partial charge in [-0.15, -0.1) is 0 Å². The maximum absolute atomic E-state index is 14.4.